The molecule has 0 fully saturated rings. The number of benzene rings is 2. The molecule has 0 spiro atoms. The molecule has 0 aliphatic heterocycles. The van der Waals surface area contributed by atoms with E-state index < -0.39 is 0 Å². The molecule has 0 aliphatic carbocycles. The van der Waals surface area contributed by atoms with Crippen molar-refractivity contribution >= 4 is 83.0 Å². The summed E-state index contributed by atoms with van der Waals surface area (Å²) in [6.45, 7) is 4.25. The Kier molecular flexibility index (Phi) is 8.58. The molecule has 0 atom stereocenters. The molecule has 2 aromatic heterocycles. The first-order chi connectivity index (χ1) is 12.8. The number of nitrogens with zero attached hydrogens (tertiary/aromatic N) is 3. The number of fused-ring (bicyclic) bond motifs is 2. The second-order valence-electron chi connectivity index (χ2n) is 5.79. The summed E-state index contributed by atoms with van der Waals surface area (Å²) in [6.07, 6.45) is 1.25. The highest BCUT2D eigenvalue weighted by Crippen LogP contribution is 2.29. The van der Waals surface area contributed by atoms with Gasteiger partial charge in [-0.05, 0) is 36.4 Å². The number of rotatable bonds is 1. The van der Waals surface area contributed by atoms with Crippen molar-refractivity contribution in [3.8, 4) is 0 Å². The molecule has 0 amide bonds. The van der Waals surface area contributed by atoms with E-state index >= 15 is 0 Å². The van der Waals surface area contributed by atoms with Crippen LogP contribution in [0.4, 0.5) is 5.13 Å². The fourth-order valence-electron chi connectivity index (χ4n) is 1.95. The van der Waals surface area contributed by atoms with Crippen LogP contribution in [0, 0.1) is 0 Å². The normalized spacial score (nSPS) is 10.2. The van der Waals surface area contributed by atoms with Gasteiger partial charge in [0.2, 0.25) is 0 Å². The second kappa shape index (κ2) is 10.4. The van der Waals surface area contributed by atoms with Crippen molar-refractivity contribution in [1.82, 2.24) is 9.97 Å². The van der Waals surface area contributed by atoms with Crippen LogP contribution < -0.4 is 4.90 Å². The van der Waals surface area contributed by atoms with E-state index in [-0.39, 0.29) is 0 Å². The standard InChI is InChI=1S/C9H9ClN2S.C7H3Cl2NS.C3H8/c1-12(2)9-11-7-5-6(10)3-4-8(7)13-9;8-4-1-2-6-5(3-4)10-7(9)11-6;1-3-2/h3-5H,1-2H3;1-3H;3H2,1-2H3. The maximum absolute atomic E-state index is 5.86. The molecule has 4 aromatic rings. The van der Waals surface area contributed by atoms with Crippen molar-refractivity contribution in [2.24, 2.45) is 0 Å². The second-order valence-corrected chi connectivity index (χ2v) is 9.28. The lowest BCUT2D eigenvalue weighted by Gasteiger charge is -2.04. The number of hydrogen-bond donors (Lipinski definition) is 0. The predicted molar refractivity (Wildman–Crippen MR) is 125 cm³/mol. The van der Waals surface area contributed by atoms with E-state index in [9.17, 15) is 0 Å². The highest BCUT2D eigenvalue weighted by atomic mass is 35.5. The van der Waals surface area contributed by atoms with Crippen LogP contribution >= 0.6 is 57.5 Å². The van der Waals surface area contributed by atoms with Gasteiger partial charge in [0.1, 0.15) is 0 Å². The first-order valence-electron chi connectivity index (χ1n) is 8.29. The number of halogens is 3. The zero-order valence-corrected chi connectivity index (χ0v) is 19.4. The summed E-state index contributed by atoms with van der Waals surface area (Å²) < 4.78 is 2.80. The smallest absolute Gasteiger partial charge is 0.185 e. The molecule has 8 heteroatoms. The van der Waals surface area contributed by atoms with Crippen LogP contribution in [0.1, 0.15) is 20.3 Å². The Balaban J connectivity index is 0.000000171. The Labute approximate surface area is 182 Å². The van der Waals surface area contributed by atoms with Gasteiger partial charge in [0, 0.05) is 24.1 Å². The largest absolute Gasteiger partial charge is 0.354 e. The average molecular weight is 461 g/mol. The molecule has 3 nitrogen and oxygen atoms in total. The Hall–Kier alpha value is -1.11. The van der Waals surface area contributed by atoms with Crippen molar-refractivity contribution in [3.63, 3.8) is 0 Å². The third-order valence-corrected chi connectivity index (χ3v) is 5.86. The Morgan fingerprint density at radius 1 is 0.815 bits per heavy atom. The topological polar surface area (TPSA) is 29.0 Å². The molecule has 0 saturated heterocycles. The first kappa shape index (κ1) is 22.2. The zero-order valence-electron chi connectivity index (χ0n) is 15.5. The predicted octanol–water partition coefficient (Wildman–Crippen LogP) is 8.04. The quantitative estimate of drug-likeness (QED) is 0.288. The van der Waals surface area contributed by atoms with Crippen LogP contribution in [0.5, 0.6) is 0 Å². The molecule has 0 saturated carbocycles. The molecule has 0 unspecified atom stereocenters. The van der Waals surface area contributed by atoms with Crippen LogP contribution in [-0.4, -0.2) is 24.1 Å². The van der Waals surface area contributed by atoms with Gasteiger partial charge in [0.25, 0.3) is 0 Å². The maximum atomic E-state index is 5.86. The van der Waals surface area contributed by atoms with Gasteiger partial charge in [-0.2, -0.15) is 0 Å². The van der Waals surface area contributed by atoms with Crippen LogP contribution in [0.25, 0.3) is 20.4 Å². The van der Waals surface area contributed by atoms with Gasteiger partial charge in [0.15, 0.2) is 9.60 Å². The Morgan fingerprint density at radius 3 is 1.81 bits per heavy atom. The van der Waals surface area contributed by atoms with Crippen LogP contribution in [0.15, 0.2) is 36.4 Å². The molecule has 144 valence electrons. The van der Waals surface area contributed by atoms with Crippen molar-refractivity contribution in [2.75, 3.05) is 19.0 Å². The van der Waals surface area contributed by atoms with Crippen LogP contribution in [-0.2, 0) is 0 Å². The average Bonchev–Trinajstić information content (AvgIpc) is 3.17. The van der Waals surface area contributed by atoms with E-state index in [1.165, 1.54) is 22.5 Å². The van der Waals surface area contributed by atoms with E-state index in [4.69, 9.17) is 34.8 Å². The lowest BCUT2D eigenvalue weighted by molar-refractivity contribution is 1.09. The molecule has 4 rings (SSSR count). The van der Waals surface area contributed by atoms with Crippen LogP contribution in [0.3, 0.4) is 0 Å². The minimum Gasteiger partial charge on any atom is -0.354 e. The summed E-state index contributed by atoms with van der Waals surface area (Å²) >= 11 is 20.4. The molecule has 2 heterocycles. The molecular weight excluding hydrogens is 441 g/mol. The summed E-state index contributed by atoms with van der Waals surface area (Å²) in [7, 11) is 3.97. The third-order valence-electron chi connectivity index (χ3n) is 3.04. The van der Waals surface area contributed by atoms with Gasteiger partial charge < -0.3 is 4.90 Å². The summed E-state index contributed by atoms with van der Waals surface area (Å²) in [5, 5.41) is 2.44. The highest BCUT2D eigenvalue weighted by Gasteiger charge is 2.04. The molecular formula is C19H20Cl3N3S2. The molecule has 2 aromatic carbocycles. The van der Waals surface area contributed by atoms with E-state index in [1.807, 2.05) is 49.3 Å². The summed E-state index contributed by atoms with van der Waals surface area (Å²) in [4.78, 5) is 10.5. The Morgan fingerprint density at radius 2 is 1.30 bits per heavy atom. The molecule has 27 heavy (non-hydrogen) atoms. The third kappa shape index (κ3) is 6.47. The Bertz CT molecular complexity index is 1010. The monoisotopic (exact) mass is 459 g/mol. The molecule has 0 bridgehead atoms. The number of thiazole rings is 2. The van der Waals surface area contributed by atoms with Gasteiger partial charge in [-0.3, -0.25) is 0 Å². The molecule has 0 radical (unpaired) electrons. The van der Waals surface area contributed by atoms with Crippen molar-refractivity contribution in [2.45, 2.75) is 20.3 Å². The fraction of sp³-hybridized carbons (Fsp3) is 0.263. The maximum Gasteiger partial charge on any atom is 0.185 e. The van der Waals surface area contributed by atoms with Crippen LogP contribution in [0.2, 0.25) is 14.5 Å². The lowest BCUT2D eigenvalue weighted by atomic mass is 10.3. The SMILES string of the molecule is CCC.CN(C)c1nc2cc(Cl)ccc2s1.Clc1ccc2sc(Cl)nc2c1. The molecule has 0 N–H and O–H groups in total. The summed E-state index contributed by atoms with van der Waals surface area (Å²) in [5.74, 6) is 0. The minimum absolute atomic E-state index is 0.558. The summed E-state index contributed by atoms with van der Waals surface area (Å²) in [6, 6.07) is 11.3. The van der Waals surface area contributed by atoms with E-state index in [2.05, 4.69) is 23.8 Å². The van der Waals surface area contributed by atoms with Crippen molar-refractivity contribution < 1.29 is 0 Å². The van der Waals surface area contributed by atoms with Crippen molar-refractivity contribution in [1.29, 1.82) is 0 Å². The van der Waals surface area contributed by atoms with Gasteiger partial charge in [-0.25, -0.2) is 9.97 Å². The first-order valence-corrected chi connectivity index (χ1v) is 11.1. The van der Waals surface area contributed by atoms with Gasteiger partial charge >= 0.3 is 0 Å². The summed E-state index contributed by atoms with van der Waals surface area (Å²) in [5.41, 5.74) is 1.84. The minimum atomic E-state index is 0.558. The fourth-order valence-corrected chi connectivity index (χ4v) is 4.16. The number of hydrogen-bond acceptors (Lipinski definition) is 5. The number of anilines is 1. The van der Waals surface area contributed by atoms with E-state index in [0.717, 1.165) is 25.9 Å². The molecule has 0 aliphatic rings. The lowest BCUT2D eigenvalue weighted by Crippen LogP contribution is -2.07. The van der Waals surface area contributed by atoms with Gasteiger partial charge in [-0.1, -0.05) is 66.4 Å². The van der Waals surface area contributed by atoms with Crippen molar-refractivity contribution in [3.05, 3.63) is 50.9 Å². The zero-order chi connectivity index (χ0) is 20.0. The van der Waals surface area contributed by atoms with Gasteiger partial charge in [0.05, 0.1) is 20.4 Å². The number of aromatic nitrogens is 2. The highest BCUT2D eigenvalue weighted by molar-refractivity contribution is 7.22. The van der Waals surface area contributed by atoms with Gasteiger partial charge in [-0.15, -0.1) is 11.3 Å². The van der Waals surface area contributed by atoms with E-state index in [0.29, 0.717) is 9.49 Å². The van der Waals surface area contributed by atoms with E-state index in [1.54, 1.807) is 17.4 Å².